The first kappa shape index (κ1) is 16.7. The van der Waals surface area contributed by atoms with Gasteiger partial charge in [-0.05, 0) is 55.1 Å². The number of hydrogen-bond acceptors (Lipinski definition) is 4. The molecule has 0 unspecified atom stereocenters. The molecule has 5 aliphatic rings. The second kappa shape index (κ2) is 5.78. The zero-order valence-corrected chi connectivity index (χ0v) is 15.6. The van der Waals surface area contributed by atoms with Gasteiger partial charge >= 0.3 is 5.97 Å². The second-order valence-electron chi connectivity index (χ2n) is 8.43. The molecule has 1 aliphatic heterocycles. The van der Waals surface area contributed by atoms with Gasteiger partial charge in [-0.15, -0.1) is 0 Å². The van der Waals surface area contributed by atoms with E-state index in [-0.39, 0.29) is 48.5 Å². The van der Waals surface area contributed by atoms with Crippen molar-refractivity contribution < 1.29 is 19.1 Å². The molecule has 2 bridgehead atoms. The number of imide groups is 1. The van der Waals surface area contributed by atoms with Gasteiger partial charge in [0.25, 0.3) is 0 Å². The fourth-order valence-corrected chi connectivity index (χ4v) is 5.57. The lowest BCUT2D eigenvalue weighted by atomic mass is 9.63. The van der Waals surface area contributed by atoms with Crippen molar-refractivity contribution >= 4 is 17.8 Å². The highest BCUT2D eigenvalue weighted by Gasteiger charge is 2.66. The molecule has 2 saturated carbocycles. The first-order valence-electron chi connectivity index (χ1n) is 9.78. The van der Waals surface area contributed by atoms with Crippen molar-refractivity contribution in [3.63, 3.8) is 0 Å². The number of allylic oxidation sites excluding steroid dienone is 2. The fourth-order valence-electron chi connectivity index (χ4n) is 5.57. The van der Waals surface area contributed by atoms with E-state index in [1.807, 2.05) is 32.0 Å². The number of amides is 2. The molecule has 5 nitrogen and oxygen atoms in total. The van der Waals surface area contributed by atoms with E-state index < -0.39 is 5.97 Å². The van der Waals surface area contributed by atoms with Gasteiger partial charge in [0.15, 0.2) is 0 Å². The second-order valence-corrected chi connectivity index (χ2v) is 8.43. The number of ether oxygens (including phenoxy) is 1. The zero-order valence-electron chi connectivity index (χ0n) is 15.6. The van der Waals surface area contributed by atoms with Gasteiger partial charge < -0.3 is 4.74 Å². The molecule has 2 amide bonds. The molecule has 1 aromatic rings. The minimum atomic E-state index is -0.410. The minimum absolute atomic E-state index is 0.0281. The SMILES string of the molecule is Cc1cccc(C)c1OC(=O)CCN1C(=O)[C@@H]2[C@@H]3C=C[C@H]([C@H]4C[C@@H]34)[C@@H]2C1=O. The highest BCUT2D eigenvalue weighted by atomic mass is 16.5. The van der Waals surface area contributed by atoms with E-state index in [0.29, 0.717) is 17.6 Å². The number of benzene rings is 1. The highest BCUT2D eigenvalue weighted by Crippen LogP contribution is 2.65. The molecule has 1 aromatic carbocycles. The Hall–Kier alpha value is -2.43. The van der Waals surface area contributed by atoms with Crippen LogP contribution in [-0.4, -0.2) is 29.2 Å². The van der Waals surface area contributed by atoms with E-state index in [4.69, 9.17) is 4.74 Å². The number of likely N-dealkylation sites (tertiary alicyclic amines) is 1. The Kier molecular flexibility index (Phi) is 3.58. The van der Waals surface area contributed by atoms with Crippen LogP contribution >= 0.6 is 0 Å². The van der Waals surface area contributed by atoms with Crippen molar-refractivity contribution in [2.24, 2.45) is 35.5 Å². The first-order chi connectivity index (χ1) is 13.0. The lowest BCUT2D eigenvalue weighted by Crippen LogP contribution is -2.40. The van der Waals surface area contributed by atoms with E-state index in [1.165, 1.54) is 4.90 Å². The van der Waals surface area contributed by atoms with Crippen LogP contribution in [-0.2, 0) is 14.4 Å². The van der Waals surface area contributed by atoms with Gasteiger partial charge in [0.05, 0.1) is 18.3 Å². The molecule has 27 heavy (non-hydrogen) atoms. The highest BCUT2D eigenvalue weighted by molar-refractivity contribution is 6.06. The molecule has 5 heteroatoms. The first-order valence-corrected chi connectivity index (χ1v) is 9.78. The number of nitrogens with zero attached hydrogens (tertiary/aromatic N) is 1. The maximum Gasteiger partial charge on any atom is 0.313 e. The molecule has 1 heterocycles. The maximum atomic E-state index is 12.9. The van der Waals surface area contributed by atoms with Crippen LogP contribution in [0.3, 0.4) is 0 Å². The Labute approximate surface area is 158 Å². The zero-order chi connectivity index (χ0) is 18.9. The smallest absolute Gasteiger partial charge is 0.313 e. The maximum absolute atomic E-state index is 12.9. The molecule has 6 atom stereocenters. The lowest BCUT2D eigenvalue weighted by molar-refractivity contribution is -0.141. The lowest BCUT2D eigenvalue weighted by Gasteiger charge is -2.37. The summed E-state index contributed by atoms with van der Waals surface area (Å²) in [4.78, 5) is 39.4. The van der Waals surface area contributed by atoms with E-state index in [0.717, 1.165) is 17.5 Å². The number of esters is 1. The van der Waals surface area contributed by atoms with Crippen LogP contribution in [0.2, 0.25) is 0 Å². The monoisotopic (exact) mass is 365 g/mol. The largest absolute Gasteiger partial charge is 0.426 e. The van der Waals surface area contributed by atoms with Gasteiger partial charge in [0.2, 0.25) is 11.8 Å². The molecular weight excluding hydrogens is 342 g/mol. The van der Waals surface area contributed by atoms with Gasteiger partial charge in [0, 0.05) is 6.54 Å². The molecule has 4 aliphatic carbocycles. The van der Waals surface area contributed by atoms with E-state index in [1.54, 1.807) is 0 Å². The van der Waals surface area contributed by atoms with Crippen molar-refractivity contribution in [2.75, 3.05) is 6.54 Å². The van der Waals surface area contributed by atoms with Crippen molar-refractivity contribution in [1.82, 2.24) is 4.90 Å². The summed E-state index contributed by atoms with van der Waals surface area (Å²) in [6, 6.07) is 5.70. The van der Waals surface area contributed by atoms with Crippen LogP contribution in [0.1, 0.15) is 24.0 Å². The summed E-state index contributed by atoms with van der Waals surface area (Å²) < 4.78 is 5.50. The van der Waals surface area contributed by atoms with Crippen LogP contribution in [0, 0.1) is 49.4 Å². The van der Waals surface area contributed by atoms with Crippen LogP contribution in [0.5, 0.6) is 5.75 Å². The molecule has 0 N–H and O–H groups in total. The van der Waals surface area contributed by atoms with Gasteiger partial charge in [-0.3, -0.25) is 19.3 Å². The Balaban J connectivity index is 1.26. The van der Waals surface area contributed by atoms with Crippen LogP contribution in [0.4, 0.5) is 0 Å². The molecular formula is C22H23NO4. The molecule has 0 spiro atoms. The summed E-state index contributed by atoms with van der Waals surface area (Å²) in [5, 5.41) is 0. The topological polar surface area (TPSA) is 63.7 Å². The average molecular weight is 365 g/mol. The molecule has 140 valence electrons. The van der Waals surface area contributed by atoms with E-state index in [9.17, 15) is 14.4 Å². The van der Waals surface area contributed by atoms with Crippen molar-refractivity contribution in [1.29, 1.82) is 0 Å². The van der Waals surface area contributed by atoms with E-state index >= 15 is 0 Å². The molecule has 3 fully saturated rings. The number of para-hydroxylation sites is 1. The quantitative estimate of drug-likeness (QED) is 0.356. The third-order valence-electron chi connectivity index (χ3n) is 6.92. The third-order valence-corrected chi connectivity index (χ3v) is 6.92. The summed E-state index contributed by atoms with van der Waals surface area (Å²) in [7, 11) is 0. The van der Waals surface area contributed by atoms with Gasteiger partial charge in [0.1, 0.15) is 5.75 Å². The summed E-state index contributed by atoms with van der Waals surface area (Å²) in [5.41, 5.74) is 1.79. The predicted molar refractivity (Wildman–Crippen MR) is 97.6 cm³/mol. The van der Waals surface area contributed by atoms with E-state index in [2.05, 4.69) is 12.2 Å². The number of rotatable bonds is 4. The number of carbonyl (C=O) groups is 3. The fraction of sp³-hybridized carbons (Fsp3) is 0.500. The Morgan fingerprint density at radius 1 is 1.04 bits per heavy atom. The summed E-state index contributed by atoms with van der Waals surface area (Å²) in [6.07, 6.45) is 5.49. The van der Waals surface area contributed by atoms with Gasteiger partial charge in [-0.2, -0.15) is 0 Å². The number of hydrogen-bond donors (Lipinski definition) is 0. The standard InChI is InChI=1S/C22H23NO4/c1-11-4-3-5-12(2)20(11)27-17(24)8-9-23-21(25)18-13-6-7-14(16-10-15(13)16)19(18)22(23)26/h3-7,13-16,18-19H,8-10H2,1-2H3/t13-,14-,15-,16+,18+,19-/m1/s1. The molecule has 6 rings (SSSR count). The Bertz CT molecular complexity index is 832. The summed E-state index contributed by atoms with van der Waals surface area (Å²) >= 11 is 0. The van der Waals surface area contributed by atoms with Gasteiger partial charge in [-0.25, -0.2) is 0 Å². The number of carbonyl (C=O) groups excluding carboxylic acids is 3. The summed E-state index contributed by atoms with van der Waals surface area (Å²) in [5.74, 6) is 1.19. The van der Waals surface area contributed by atoms with Crippen LogP contribution in [0.25, 0.3) is 0 Å². The minimum Gasteiger partial charge on any atom is -0.426 e. The molecule has 0 aromatic heterocycles. The summed E-state index contributed by atoms with van der Waals surface area (Å²) in [6.45, 7) is 3.90. The third kappa shape index (κ3) is 2.40. The average Bonchev–Trinajstić information content (AvgIpc) is 3.42. The Morgan fingerprint density at radius 2 is 1.59 bits per heavy atom. The normalized spacial score (nSPS) is 35.3. The number of aryl methyl sites for hydroxylation is 2. The van der Waals surface area contributed by atoms with Crippen LogP contribution < -0.4 is 4.74 Å². The Morgan fingerprint density at radius 3 is 2.15 bits per heavy atom. The van der Waals surface area contributed by atoms with Gasteiger partial charge in [-0.1, -0.05) is 30.4 Å². The molecule has 0 radical (unpaired) electrons. The molecule has 1 saturated heterocycles. The van der Waals surface area contributed by atoms with Crippen LogP contribution in [0.15, 0.2) is 30.4 Å². The predicted octanol–water partition coefficient (Wildman–Crippen LogP) is 2.65. The van der Waals surface area contributed by atoms with Crippen molar-refractivity contribution in [2.45, 2.75) is 26.7 Å². The van der Waals surface area contributed by atoms with Crippen molar-refractivity contribution in [3.05, 3.63) is 41.5 Å². The van der Waals surface area contributed by atoms with Crippen molar-refractivity contribution in [3.8, 4) is 5.75 Å².